The van der Waals surface area contributed by atoms with Crippen LogP contribution in [0.4, 0.5) is 0 Å². The van der Waals surface area contributed by atoms with Crippen LogP contribution in [0.2, 0.25) is 0 Å². The fraction of sp³-hybridized carbons (Fsp3) is 0.333. The predicted octanol–water partition coefficient (Wildman–Crippen LogP) is 3.21. The Kier molecular flexibility index (Phi) is 3.36. The second kappa shape index (κ2) is 4.75. The summed E-state index contributed by atoms with van der Waals surface area (Å²) >= 11 is 1.79. The maximum atomic E-state index is 5.61. The van der Waals surface area contributed by atoms with Crippen molar-refractivity contribution in [3.63, 3.8) is 0 Å². The predicted molar refractivity (Wildman–Crippen MR) is 66.8 cm³/mol. The molecule has 2 nitrogen and oxygen atoms in total. The molecule has 0 saturated heterocycles. The van der Waals surface area contributed by atoms with Gasteiger partial charge in [-0.15, -0.1) is 11.3 Å². The maximum Gasteiger partial charge on any atom is 0.0474 e. The molecular formula is C12H16N2S. The van der Waals surface area contributed by atoms with Crippen molar-refractivity contribution in [1.82, 2.24) is 5.43 Å². The van der Waals surface area contributed by atoms with Gasteiger partial charge in [-0.2, -0.15) is 0 Å². The van der Waals surface area contributed by atoms with E-state index in [0.717, 1.165) is 12.8 Å². The number of nitrogens with one attached hydrogen (secondary N) is 1. The molecule has 0 bridgehead atoms. The zero-order valence-corrected chi connectivity index (χ0v) is 9.68. The number of thiophene rings is 1. The smallest absolute Gasteiger partial charge is 0.0474 e. The molecule has 0 fully saturated rings. The van der Waals surface area contributed by atoms with Gasteiger partial charge in [0.25, 0.3) is 0 Å². The van der Waals surface area contributed by atoms with E-state index in [2.05, 4.69) is 42.0 Å². The first-order valence-corrected chi connectivity index (χ1v) is 6.17. The summed E-state index contributed by atoms with van der Waals surface area (Å²) in [5, 5.41) is 3.45. The molecule has 3 heteroatoms. The van der Waals surface area contributed by atoms with Crippen LogP contribution in [0.5, 0.6) is 0 Å². The molecule has 0 aliphatic rings. The number of nitrogens with two attached hydrogens (primary N) is 1. The lowest BCUT2D eigenvalue weighted by atomic mass is 10.0. The highest BCUT2D eigenvalue weighted by Gasteiger charge is 2.12. The molecule has 1 aromatic heterocycles. The molecule has 80 valence electrons. The topological polar surface area (TPSA) is 38.0 Å². The lowest BCUT2D eigenvalue weighted by Crippen LogP contribution is -2.27. The summed E-state index contributed by atoms with van der Waals surface area (Å²) in [7, 11) is 0. The standard InChI is InChI=1S/C12H16N2S/c1-2-4-11(14-13)10-6-3-5-9-7-8-15-12(9)10/h3,5-8,11,14H,2,4,13H2,1H3. The monoisotopic (exact) mass is 220 g/mol. The van der Waals surface area contributed by atoms with E-state index in [1.54, 1.807) is 11.3 Å². The fourth-order valence-corrected chi connectivity index (χ4v) is 2.88. The van der Waals surface area contributed by atoms with E-state index in [1.807, 2.05) is 0 Å². The highest BCUT2D eigenvalue weighted by molar-refractivity contribution is 7.17. The van der Waals surface area contributed by atoms with Crippen molar-refractivity contribution in [2.45, 2.75) is 25.8 Å². The van der Waals surface area contributed by atoms with Gasteiger partial charge in [0, 0.05) is 10.7 Å². The molecule has 3 N–H and O–H groups in total. The zero-order chi connectivity index (χ0) is 10.7. The molecular weight excluding hydrogens is 204 g/mol. The van der Waals surface area contributed by atoms with Crippen LogP contribution in [0.25, 0.3) is 10.1 Å². The van der Waals surface area contributed by atoms with Crippen LogP contribution in [-0.2, 0) is 0 Å². The quantitative estimate of drug-likeness (QED) is 0.613. The summed E-state index contributed by atoms with van der Waals surface area (Å²) in [6, 6.07) is 8.85. The van der Waals surface area contributed by atoms with Crippen molar-refractivity contribution in [3.05, 3.63) is 35.2 Å². The summed E-state index contributed by atoms with van der Waals surface area (Å²) in [6.07, 6.45) is 2.21. The number of fused-ring (bicyclic) bond motifs is 1. The van der Waals surface area contributed by atoms with Crippen LogP contribution in [0, 0.1) is 0 Å². The Morgan fingerprint density at radius 1 is 1.40 bits per heavy atom. The minimum Gasteiger partial charge on any atom is -0.271 e. The van der Waals surface area contributed by atoms with Gasteiger partial charge >= 0.3 is 0 Å². The molecule has 1 aromatic carbocycles. The highest BCUT2D eigenvalue weighted by Crippen LogP contribution is 2.30. The van der Waals surface area contributed by atoms with Gasteiger partial charge in [-0.1, -0.05) is 31.5 Å². The first-order chi connectivity index (χ1) is 7.36. The molecule has 1 unspecified atom stereocenters. The third-order valence-corrected chi connectivity index (χ3v) is 3.64. The number of hydrogen-bond acceptors (Lipinski definition) is 3. The van der Waals surface area contributed by atoms with Crippen molar-refractivity contribution in [3.8, 4) is 0 Å². The molecule has 0 aliphatic heterocycles. The fourth-order valence-electron chi connectivity index (χ4n) is 1.91. The van der Waals surface area contributed by atoms with Gasteiger partial charge in [-0.25, -0.2) is 0 Å². The Bertz CT molecular complexity index is 436. The van der Waals surface area contributed by atoms with Gasteiger partial charge in [0.05, 0.1) is 0 Å². The van der Waals surface area contributed by atoms with Crippen molar-refractivity contribution in [1.29, 1.82) is 0 Å². The third kappa shape index (κ3) is 2.04. The Balaban J connectivity index is 2.44. The Hall–Kier alpha value is -0.900. The van der Waals surface area contributed by atoms with Crippen LogP contribution in [0.15, 0.2) is 29.6 Å². The minimum absolute atomic E-state index is 0.275. The van der Waals surface area contributed by atoms with E-state index in [0.29, 0.717) is 0 Å². The van der Waals surface area contributed by atoms with Gasteiger partial charge in [-0.3, -0.25) is 11.3 Å². The third-order valence-electron chi connectivity index (χ3n) is 2.66. The van der Waals surface area contributed by atoms with Gasteiger partial charge in [0.1, 0.15) is 0 Å². The summed E-state index contributed by atoms with van der Waals surface area (Å²) in [4.78, 5) is 0. The first-order valence-electron chi connectivity index (χ1n) is 5.29. The van der Waals surface area contributed by atoms with Crippen LogP contribution in [-0.4, -0.2) is 0 Å². The van der Waals surface area contributed by atoms with Crippen molar-refractivity contribution in [2.24, 2.45) is 5.84 Å². The molecule has 15 heavy (non-hydrogen) atoms. The second-order valence-corrected chi connectivity index (χ2v) is 4.61. The van der Waals surface area contributed by atoms with Crippen LogP contribution < -0.4 is 11.3 Å². The van der Waals surface area contributed by atoms with E-state index >= 15 is 0 Å². The second-order valence-electron chi connectivity index (χ2n) is 3.69. The highest BCUT2D eigenvalue weighted by atomic mass is 32.1. The lowest BCUT2D eigenvalue weighted by molar-refractivity contribution is 0.513. The first kappa shape index (κ1) is 10.6. The average molecular weight is 220 g/mol. The normalized spacial score (nSPS) is 13.2. The summed E-state index contributed by atoms with van der Waals surface area (Å²) in [6.45, 7) is 2.18. The van der Waals surface area contributed by atoms with Gasteiger partial charge in [0.15, 0.2) is 0 Å². The van der Waals surface area contributed by atoms with E-state index in [4.69, 9.17) is 5.84 Å². The van der Waals surface area contributed by atoms with E-state index < -0.39 is 0 Å². The molecule has 0 amide bonds. The molecule has 2 aromatic rings. The molecule has 0 spiro atoms. The summed E-state index contributed by atoms with van der Waals surface area (Å²) in [5.74, 6) is 5.61. The molecule has 2 rings (SSSR count). The van der Waals surface area contributed by atoms with Crippen LogP contribution >= 0.6 is 11.3 Å². The minimum atomic E-state index is 0.275. The average Bonchev–Trinajstić information content (AvgIpc) is 2.73. The van der Waals surface area contributed by atoms with E-state index in [-0.39, 0.29) is 6.04 Å². The van der Waals surface area contributed by atoms with Gasteiger partial charge in [-0.05, 0) is 28.8 Å². The van der Waals surface area contributed by atoms with Crippen molar-refractivity contribution < 1.29 is 0 Å². The summed E-state index contributed by atoms with van der Waals surface area (Å²) < 4.78 is 1.36. The number of hydrogen-bond donors (Lipinski definition) is 2. The van der Waals surface area contributed by atoms with Crippen molar-refractivity contribution >= 4 is 21.4 Å². The molecule has 1 atom stereocenters. The Labute approximate surface area is 94.1 Å². The molecule has 0 radical (unpaired) electrons. The maximum absolute atomic E-state index is 5.61. The largest absolute Gasteiger partial charge is 0.271 e. The molecule has 1 heterocycles. The van der Waals surface area contributed by atoms with Crippen molar-refractivity contribution in [2.75, 3.05) is 0 Å². The lowest BCUT2D eigenvalue weighted by Gasteiger charge is -2.16. The number of rotatable bonds is 4. The summed E-state index contributed by atoms with van der Waals surface area (Å²) in [5.41, 5.74) is 4.23. The van der Waals surface area contributed by atoms with E-state index in [1.165, 1.54) is 15.6 Å². The van der Waals surface area contributed by atoms with Crippen LogP contribution in [0.1, 0.15) is 31.4 Å². The van der Waals surface area contributed by atoms with Gasteiger partial charge < -0.3 is 0 Å². The molecule has 0 aliphatic carbocycles. The Morgan fingerprint density at radius 3 is 3.00 bits per heavy atom. The van der Waals surface area contributed by atoms with E-state index in [9.17, 15) is 0 Å². The zero-order valence-electron chi connectivity index (χ0n) is 8.86. The SMILES string of the molecule is CCCC(NN)c1cccc2ccsc12. The number of hydrazine groups is 1. The van der Waals surface area contributed by atoms with Crippen LogP contribution in [0.3, 0.4) is 0 Å². The number of benzene rings is 1. The Morgan fingerprint density at radius 2 is 2.27 bits per heavy atom. The molecule has 0 saturated carbocycles. The van der Waals surface area contributed by atoms with Gasteiger partial charge in [0.2, 0.25) is 0 Å².